The highest BCUT2D eigenvalue weighted by Crippen LogP contribution is 2.36. The Kier molecular flexibility index (Phi) is 6.90. The number of ether oxygens (including phenoxy) is 1. The highest BCUT2D eigenvalue weighted by Gasteiger charge is 2.22. The summed E-state index contributed by atoms with van der Waals surface area (Å²) in [6.45, 7) is 3.62. The summed E-state index contributed by atoms with van der Waals surface area (Å²) in [5.41, 5.74) is 4.88. The molecule has 0 spiro atoms. The lowest BCUT2D eigenvalue weighted by Crippen LogP contribution is -2.26. The molecule has 0 fully saturated rings. The number of anilines is 1. The zero-order valence-corrected chi connectivity index (χ0v) is 24.3. The summed E-state index contributed by atoms with van der Waals surface area (Å²) in [6, 6.07) is 28.8. The molecule has 0 aliphatic heterocycles. The highest BCUT2D eigenvalue weighted by molar-refractivity contribution is 6.07. The molecule has 2 N–H and O–H groups in total. The van der Waals surface area contributed by atoms with Gasteiger partial charge in [-0.15, -0.1) is 0 Å². The second-order valence-corrected chi connectivity index (χ2v) is 10.7. The number of fused-ring (bicyclic) bond motifs is 2. The molecule has 0 radical (unpaired) electrons. The molecule has 45 heavy (non-hydrogen) atoms. The van der Waals surface area contributed by atoms with E-state index >= 15 is 4.39 Å². The SMILES string of the molecule is Cc1ccc2c(c1)c(=O)c(C(=O)Nc1ccc(Oc3ncnc4[nH]cc(-c5ccccc5)c34)c(F)c1)c(C)n2-c1ccccc1. The van der Waals surface area contributed by atoms with Gasteiger partial charge in [0.25, 0.3) is 5.91 Å². The Balaban J connectivity index is 1.22. The van der Waals surface area contributed by atoms with Crippen LogP contribution in [0.3, 0.4) is 0 Å². The third kappa shape index (κ3) is 5.00. The van der Waals surface area contributed by atoms with E-state index in [1.54, 1.807) is 19.2 Å². The highest BCUT2D eigenvalue weighted by atomic mass is 19.1. The van der Waals surface area contributed by atoms with Crippen molar-refractivity contribution in [3.8, 4) is 28.4 Å². The smallest absolute Gasteiger partial charge is 0.261 e. The molecule has 0 bridgehead atoms. The first-order chi connectivity index (χ1) is 21.9. The number of aromatic amines is 1. The fourth-order valence-corrected chi connectivity index (χ4v) is 5.61. The number of nitrogens with one attached hydrogen (secondary N) is 2. The predicted molar refractivity (Wildman–Crippen MR) is 173 cm³/mol. The zero-order valence-electron chi connectivity index (χ0n) is 24.3. The first kappa shape index (κ1) is 27.7. The molecule has 7 aromatic rings. The number of rotatable bonds is 6. The number of carbonyl (C=O) groups is 1. The molecular formula is C36H26FN5O3. The van der Waals surface area contributed by atoms with Gasteiger partial charge in [-0.3, -0.25) is 9.59 Å². The van der Waals surface area contributed by atoms with Gasteiger partial charge in [0, 0.05) is 40.3 Å². The number of amides is 1. The summed E-state index contributed by atoms with van der Waals surface area (Å²) < 4.78 is 23.3. The molecule has 0 aliphatic carbocycles. The maximum Gasteiger partial charge on any atom is 0.261 e. The van der Waals surface area contributed by atoms with Crippen LogP contribution in [0.5, 0.6) is 11.6 Å². The van der Waals surface area contributed by atoms with Crippen molar-refractivity contribution < 1.29 is 13.9 Å². The number of pyridine rings is 1. The number of halogens is 1. The van der Waals surface area contributed by atoms with E-state index in [0.29, 0.717) is 27.6 Å². The number of nitrogens with zero attached hydrogens (tertiary/aromatic N) is 3. The molecule has 3 heterocycles. The first-order valence-corrected chi connectivity index (χ1v) is 14.3. The Morgan fingerprint density at radius 1 is 0.911 bits per heavy atom. The number of aromatic nitrogens is 4. The van der Waals surface area contributed by atoms with Crippen molar-refractivity contribution in [2.45, 2.75) is 13.8 Å². The third-order valence-electron chi connectivity index (χ3n) is 7.72. The number of aryl methyl sites for hydroxylation is 1. The summed E-state index contributed by atoms with van der Waals surface area (Å²) in [6.07, 6.45) is 3.14. The van der Waals surface area contributed by atoms with Gasteiger partial charge in [-0.2, -0.15) is 0 Å². The summed E-state index contributed by atoms with van der Waals surface area (Å²) in [4.78, 5) is 39.0. The number of para-hydroxylation sites is 1. The maximum atomic E-state index is 15.4. The van der Waals surface area contributed by atoms with Crippen molar-refractivity contribution in [1.29, 1.82) is 0 Å². The van der Waals surface area contributed by atoms with Crippen molar-refractivity contribution in [1.82, 2.24) is 19.5 Å². The normalized spacial score (nSPS) is 11.2. The van der Waals surface area contributed by atoms with Gasteiger partial charge < -0.3 is 19.6 Å². The van der Waals surface area contributed by atoms with Gasteiger partial charge in [0.05, 0.1) is 10.9 Å². The fourth-order valence-electron chi connectivity index (χ4n) is 5.61. The third-order valence-corrected chi connectivity index (χ3v) is 7.72. The van der Waals surface area contributed by atoms with E-state index in [2.05, 4.69) is 20.3 Å². The van der Waals surface area contributed by atoms with Crippen molar-refractivity contribution in [3.05, 3.63) is 142 Å². The molecule has 4 aromatic carbocycles. The number of hydrogen-bond acceptors (Lipinski definition) is 5. The average Bonchev–Trinajstić information content (AvgIpc) is 3.49. The quantitative estimate of drug-likeness (QED) is 0.205. The lowest BCUT2D eigenvalue weighted by atomic mass is 10.0. The molecule has 8 nitrogen and oxygen atoms in total. The minimum absolute atomic E-state index is 0.0260. The van der Waals surface area contributed by atoms with Crippen LogP contribution in [-0.4, -0.2) is 25.4 Å². The Morgan fingerprint density at radius 2 is 1.67 bits per heavy atom. The molecule has 0 saturated heterocycles. The lowest BCUT2D eigenvalue weighted by Gasteiger charge is -2.18. The first-order valence-electron chi connectivity index (χ1n) is 14.3. The van der Waals surface area contributed by atoms with Gasteiger partial charge in [-0.1, -0.05) is 60.2 Å². The van der Waals surface area contributed by atoms with Crippen LogP contribution in [-0.2, 0) is 0 Å². The Morgan fingerprint density at radius 3 is 2.42 bits per heavy atom. The maximum absolute atomic E-state index is 15.4. The Hall–Kier alpha value is -6.09. The van der Waals surface area contributed by atoms with Gasteiger partial charge in [-0.05, 0) is 55.8 Å². The molecule has 7 rings (SSSR count). The largest absolute Gasteiger partial charge is 0.435 e. The van der Waals surface area contributed by atoms with E-state index < -0.39 is 17.2 Å². The van der Waals surface area contributed by atoms with E-state index in [0.717, 1.165) is 28.4 Å². The topological polar surface area (TPSA) is 102 Å². The van der Waals surface area contributed by atoms with Crippen LogP contribution in [0.15, 0.2) is 114 Å². The van der Waals surface area contributed by atoms with Crippen molar-refractivity contribution >= 4 is 33.5 Å². The predicted octanol–water partition coefficient (Wildman–Crippen LogP) is 7.73. The van der Waals surface area contributed by atoms with Gasteiger partial charge in [0.2, 0.25) is 11.3 Å². The van der Waals surface area contributed by atoms with Gasteiger partial charge in [-0.25, -0.2) is 14.4 Å². The van der Waals surface area contributed by atoms with Crippen molar-refractivity contribution in [2.24, 2.45) is 0 Å². The monoisotopic (exact) mass is 595 g/mol. The second-order valence-electron chi connectivity index (χ2n) is 10.7. The molecule has 0 atom stereocenters. The molecule has 0 saturated carbocycles. The standard InChI is InChI=1S/C36H26FN5O3/c1-21-13-15-29-26(17-21)33(43)31(22(2)42(29)25-11-7-4-8-12-25)35(44)41-24-14-16-30(28(37)18-24)45-36-32-27(23-9-5-3-6-10-23)19-38-34(32)39-20-40-36/h3-20H,1-2H3,(H,41,44)(H,38,39,40). The van der Waals surface area contributed by atoms with Gasteiger partial charge in [0.1, 0.15) is 17.5 Å². The Bertz CT molecular complexity index is 2300. The number of benzene rings is 4. The molecule has 0 unspecified atom stereocenters. The molecule has 1 amide bonds. The minimum Gasteiger partial charge on any atom is -0.435 e. The molecule has 3 aromatic heterocycles. The van der Waals surface area contributed by atoms with E-state index in [1.165, 1.54) is 18.5 Å². The molecule has 0 aliphatic rings. The molecule has 9 heteroatoms. The average molecular weight is 596 g/mol. The van der Waals surface area contributed by atoms with E-state index in [4.69, 9.17) is 4.74 Å². The summed E-state index contributed by atoms with van der Waals surface area (Å²) >= 11 is 0. The van der Waals surface area contributed by atoms with Crippen LogP contribution in [0.4, 0.5) is 10.1 Å². The molecule has 220 valence electrons. The van der Waals surface area contributed by atoms with Gasteiger partial charge >= 0.3 is 0 Å². The lowest BCUT2D eigenvalue weighted by molar-refractivity contribution is 0.102. The van der Waals surface area contributed by atoms with Crippen LogP contribution in [0.1, 0.15) is 21.6 Å². The van der Waals surface area contributed by atoms with Crippen molar-refractivity contribution in [3.63, 3.8) is 0 Å². The second kappa shape index (κ2) is 11.2. The van der Waals surface area contributed by atoms with Crippen LogP contribution < -0.4 is 15.5 Å². The van der Waals surface area contributed by atoms with Crippen molar-refractivity contribution in [2.75, 3.05) is 5.32 Å². The van der Waals surface area contributed by atoms with Crippen LogP contribution >= 0.6 is 0 Å². The summed E-state index contributed by atoms with van der Waals surface area (Å²) in [5, 5.41) is 3.73. The Labute approximate surface area is 256 Å². The zero-order chi connectivity index (χ0) is 31.1. The number of carbonyl (C=O) groups excluding carboxylic acids is 1. The number of hydrogen-bond donors (Lipinski definition) is 2. The summed E-state index contributed by atoms with van der Waals surface area (Å²) in [5.74, 6) is -1.27. The van der Waals surface area contributed by atoms with Crippen LogP contribution in [0, 0.1) is 19.7 Å². The van der Waals surface area contributed by atoms with E-state index in [1.807, 2.05) is 84.3 Å². The fraction of sp³-hybridized carbons (Fsp3) is 0.0556. The summed E-state index contributed by atoms with van der Waals surface area (Å²) in [7, 11) is 0. The van der Waals surface area contributed by atoms with Gasteiger partial charge in [0.15, 0.2) is 11.6 Å². The number of H-pyrrole nitrogens is 1. The van der Waals surface area contributed by atoms with E-state index in [-0.39, 0.29) is 22.9 Å². The minimum atomic E-state index is -0.719. The molecular weight excluding hydrogens is 569 g/mol. The van der Waals surface area contributed by atoms with Crippen LogP contribution in [0.2, 0.25) is 0 Å². The van der Waals surface area contributed by atoms with Crippen LogP contribution in [0.25, 0.3) is 38.8 Å². The van der Waals surface area contributed by atoms with E-state index in [9.17, 15) is 9.59 Å².